The van der Waals surface area contributed by atoms with E-state index in [0.717, 1.165) is 25.7 Å². The number of allylic oxidation sites excluding steroid dienone is 4. The highest BCUT2D eigenvalue weighted by molar-refractivity contribution is 6.08. The average Bonchev–Trinajstić information content (AvgIpc) is 2.54. The van der Waals surface area contributed by atoms with Crippen LogP contribution in [0.25, 0.3) is 0 Å². The van der Waals surface area contributed by atoms with Crippen LogP contribution in [-0.4, -0.2) is 34.2 Å². The van der Waals surface area contributed by atoms with Crippen molar-refractivity contribution >= 4 is 10.2 Å². The van der Waals surface area contributed by atoms with Gasteiger partial charge in [0.05, 0.1) is 21.4 Å². The third-order valence-electron chi connectivity index (χ3n) is 4.20. The quantitative estimate of drug-likeness (QED) is 0.217. The summed E-state index contributed by atoms with van der Waals surface area (Å²) in [5.74, 6) is 0. The van der Waals surface area contributed by atoms with Crippen LogP contribution in [0.2, 0.25) is 0 Å². The highest BCUT2D eigenvalue weighted by Crippen LogP contribution is 2.28. The largest absolute Gasteiger partial charge is 0.334 e. The third-order valence-corrected chi connectivity index (χ3v) is 4.37. The minimum absolute atomic E-state index is 0.313. The first kappa shape index (κ1) is 25.1. The van der Waals surface area contributed by atoms with Crippen molar-refractivity contribution in [1.82, 2.24) is 0 Å². The Morgan fingerprint density at radius 2 is 1.27 bits per heavy atom. The lowest BCUT2D eigenvalue weighted by atomic mass is 9.99. The molecule has 0 aromatic rings. The summed E-state index contributed by atoms with van der Waals surface area (Å²) in [6.45, 7) is 19.4. The first-order valence-corrected chi connectivity index (χ1v) is 9.96. The van der Waals surface area contributed by atoms with E-state index in [0.29, 0.717) is 6.23 Å². The maximum atomic E-state index is 6.15. The summed E-state index contributed by atoms with van der Waals surface area (Å²) in [5.41, 5.74) is 1.50. The molecule has 0 aliphatic carbocycles. The molecule has 0 N–H and O–H groups in total. The number of hydrogen-bond donors (Lipinski definition) is 0. The van der Waals surface area contributed by atoms with E-state index >= 15 is 0 Å². The van der Waals surface area contributed by atoms with E-state index in [-0.39, 0.29) is 0 Å². The molecule has 0 aliphatic rings. The highest BCUT2D eigenvalue weighted by atomic mass is 28.1. The van der Waals surface area contributed by atoms with E-state index in [4.69, 9.17) is 14.2 Å². The van der Waals surface area contributed by atoms with Crippen molar-refractivity contribution in [3.63, 3.8) is 0 Å². The fraction of sp³-hybridized carbons (Fsp3) is 0.636. The zero-order valence-corrected chi connectivity index (χ0v) is 18.6. The van der Waals surface area contributed by atoms with Gasteiger partial charge in [0.15, 0.2) is 0 Å². The smallest absolute Gasteiger partial charge is 0.272 e. The van der Waals surface area contributed by atoms with Crippen LogP contribution < -0.4 is 0 Å². The minimum Gasteiger partial charge on any atom is -0.334 e. The topological polar surface area (TPSA) is 27.7 Å². The molecule has 2 atom stereocenters. The summed E-state index contributed by atoms with van der Waals surface area (Å²) >= 11 is 0. The summed E-state index contributed by atoms with van der Waals surface area (Å²) in [6, 6.07) is 0. The van der Waals surface area contributed by atoms with Crippen molar-refractivity contribution < 1.29 is 14.2 Å². The van der Waals surface area contributed by atoms with E-state index in [1.165, 1.54) is 11.1 Å². The molecule has 0 spiro atoms. The van der Waals surface area contributed by atoms with Gasteiger partial charge in [-0.25, -0.2) is 0 Å². The Labute approximate surface area is 164 Å². The molecule has 26 heavy (non-hydrogen) atoms. The molecule has 0 rings (SSSR count). The van der Waals surface area contributed by atoms with Gasteiger partial charge in [-0.05, 0) is 67.2 Å². The maximum absolute atomic E-state index is 6.15. The molecule has 0 amide bonds. The molecule has 3 nitrogen and oxygen atoms in total. The lowest BCUT2D eigenvalue weighted by Crippen LogP contribution is -2.40. The van der Waals surface area contributed by atoms with E-state index in [1.54, 1.807) is 0 Å². The molecule has 0 aromatic heterocycles. The second-order valence-corrected chi connectivity index (χ2v) is 7.80. The lowest BCUT2D eigenvalue weighted by Gasteiger charge is -2.36. The number of hydrogen-bond acceptors (Lipinski definition) is 3. The van der Waals surface area contributed by atoms with Crippen molar-refractivity contribution in [3.8, 4) is 0 Å². The molecule has 0 heterocycles. The number of ether oxygens (including phenoxy) is 3. The first-order valence-electron chi connectivity index (χ1n) is 9.25. The molecule has 2 unspecified atom stereocenters. The Hall–Kier alpha value is -0.943. The van der Waals surface area contributed by atoms with Crippen molar-refractivity contribution in [3.05, 3.63) is 48.6 Å². The summed E-state index contributed by atoms with van der Waals surface area (Å²) in [6.07, 6.45) is 11.7. The van der Waals surface area contributed by atoms with Gasteiger partial charge in [-0.15, -0.1) is 13.2 Å². The van der Waals surface area contributed by atoms with Gasteiger partial charge in [-0.3, -0.25) is 0 Å². The van der Waals surface area contributed by atoms with Gasteiger partial charge in [0.1, 0.15) is 0 Å². The van der Waals surface area contributed by atoms with Gasteiger partial charge in [-0.1, -0.05) is 35.5 Å². The zero-order chi connectivity index (χ0) is 20.2. The Morgan fingerprint density at radius 1 is 0.885 bits per heavy atom. The molecule has 0 aliphatic heterocycles. The van der Waals surface area contributed by atoms with E-state index < -0.39 is 17.7 Å². The van der Waals surface area contributed by atoms with Crippen molar-refractivity contribution in [2.45, 2.75) is 84.9 Å². The van der Waals surface area contributed by atoms with Crippen molar-refractivity contribution in [2.75, 3.05) is 6.23 Å². The van der Waals surface area contributed by atoms with Crippen LogP contribution in [-0.2, 0) is 14.2 Å². The minimum atomic E-state index is -0.808. The SMILES string of the molecule is C=CC(C)(CCC=C(C)C)OC(OC[Si])OC(C)(C=C)CCC=C(C)C. The molecule has 147 valence electrons. The summed E-state index contributed by atoms with van der Waals surface area (Å²) in [4.78, 5) is 0. The predicted octanol–water partition coefficient (Wildman–Crippen LogP) is 5.83. The Morgan fingerprint density at radius 3 is 1.54 bits per heavy atom. The van der Waals surface area contributed by atoms with Gasteiger partial charge >= 0.3 is 0 Å². The van der Waals surface area contributed by atoms with Crippen molar-refractivity contribution in [2.24, 2.45) is 0 Å². The standard InChI is InChI=1S/C22H37O3Si/c1-9-21(7,15-11-13-18(3)4)24-20(23-17-26)25-22(8,10-2)16-12-14-19(5)6/h9-10,13-14,20H,1-2,11-12,15-17H2,3-8H3. The zero-order valence-electron chi connectivity index (χ0n) is 17.6. The van der Waals surface area contributed by atoms with Gasteiger partial charge in [0.2, 0.25) is 0 Å². The molecule has 0 aromatic carbocycles. The summed E-state index contributed by atoms with van der Waals surface area (Å²) in [5, 5.41) is 0. The van der Waals surface area contributed by atoms with Gasteiger partial charge in [0.25, 0.3) is 6.48 Å². The molecule has 3 radical (unpaired) electrons. The second kappa shape index (κ2) is 12.4. The summed E-state index contributed by atoms with van der Waals surface area (Å²) in [7, 11) is 3.35. The molecule has 0 saturated heterocycles. The molecule has 4 heteroatoms. The fourth-order valence-corrected chi connectivity index (χ4v) is 2.45. The molecular weight excluding hydrogens is 340 g/mol. The van der Waals surface area contributed by atoms with Gasteiger partial charge in [-0.2, -0.15) is 0 Å². The summed E-state index contributed by atoms with van der Waals surface area (Å²) < 4.78 is 17.9. The van der Waals surface area contributed by atoms with E-state index in [9.17, 15) is 0 Å². The fourth-order valence-electron chi connectivity index (χ4n) is 2.31. The van der Waals surface area contributed by atoms with Crippen LogP contribution >= 0.6 is 0 Å². The van der Waals surface area contributed by atoms with Gasteiger partial charge < -0.3 is 14.2 Å². The van der Waals surface area contributed by atoms with Crippen molar-refractivity contribution in [1.29, 1.82) is 0 Å². The van der Waals surface area contributed by atoms with Crippen LogP contribution in [0, 0.1) is 0 Å². The van der Waals surface area contributed by atoms with E-state index in [2.05, 4.69) is 63.2 Å². The number of rotatable bonds is 14. The Bertz CT molecular complexity index is 448. The van der Waals surface area contributed by atoms with E-state index in [1.807, 2.05) is 26.0 Å². The second-order valence-electron chi connectivity index (χ2n) is 7.51. The predicted molar refractivity (Wildman–Crippen MR) is 112 cm³/mol. The van der Waals surface area contributed by atoms with Crippen LogP contribution in [0.1, 0.15) is 67.2 Å². The molecule has 0 bridgehead atoms. The lowest BCUT2D eigenvalue weighted by molar-refractivity contribution is -0.336. The average molecular weight is 378 g/mol. The normalized spacial score (nSPS) is 16.7. The van der Waals surface area contributed by atoms with Crippen LogP contribution in [0.4, 0.5) is 0 Å². The van der Waals surface area contributed by atoms with Gasteiger partial charge in [0, 0.05) is 6.23 Å². The van der Waals surface area contributed by atoms with Crippen LogP contribution in [0.15, 0.2) is 48.6 Å². The Kier molecular flexibility index (Phi) is 12.0. The third kappa shape index (κ3) is 10.9. The Balaban J connectivity index is 5.05. The highest BCUT2D eigenvalue weighted by Gasteiger charge is 2.31. The first-order chi connectivity index (χ1) is 12.1. The molecule has 0 fully saturated rings. The van der Waals surface area contributed by atoms with Crippen LogP contribution in [0.5, 0.6) is 0 Å². The molecular formula is C22H37O3Si. The maximum Gasteiger partial charge on any atom is 0.272 e. The molecule has 0 saturated carbocycles. The monoisotopic (exact) mass is 377 g/mol. The van der Waals surface area contributed by atoms with Crippen LogP contribution in [0.3, 0.4) is 0 Å².